The van der Waals surface area contributed by atoms with Gasteiger partial charge in [0.15, 0.2) is 0 Å². The van der Waals surface area contributed by atoms with Crippen LogP contribution in [0.3, 0.4) is 0 Å². The summed E-state index contributed by atoms with van der Waals surface area (Å²) in [5, 5.41) is 0. The molecule has 0 atom stereocenters. The minimum atomic E-state index is -3.81. The van der Waals surface area contributed by atoms with E-state index < -0.39 is 9.05 Å². The quantitative estimate of drug-likeness (QED) is 0.485. The minimum Gasteiger partial charge on any atom is -0.491 e. The van der Waals surface area contributed by atoms with E-state index in [-0.39, 0.29) is 4.90 Å². The molecule has 3 nitrogen and oxygen atoms in total. The fraction of sp³-hybridized carbons (Fsp3) is 0.385. The molecular formula is C13H15ClO3S. The Labute approximate surface area is 113 Å². The van der Waals surface area contributed by atoms with Crippen molar-refractivity contribution in [3.05, 3.63) is 23.3 Å². The Kier molecular flexibility index (Phi) is 5.06. The van der Waals surface area contributed by atoms with Gasteiger partial charge in [-0.25, -0.2) is 8.42 Å². The number of hydrogen-bond donors (Lipinski definition) is 0. The van der Waals surface area contributed by atoms with E-state index in [1.54, 1.807) is 13.8 Å². The van der Waals surface area contributed by atoms with Gasteiger partial charge in [-0.3, -0.25) is 0 Å². The van der Waals surface area contributed by atoms with E-state index >= 15 is 0 Å². The summed E-state index contributed by atoms with van der Waals surface area (Å²) in [7, 11) is 1.60. The highest BCUT2D eigenvalue weighted by Gasteiger charge is 2.19. The molecule has 0 aliphatic heterocycles. The van der Waals surface area contributed by atoms with Crippen LogP contribution >= 0.6 is 10.7 Å². The van der Waals surface area contributed by atoms with Gasteiger partial charge in [-0.15, -0.1) is 11.8 Å². The molecule has 0 bridgehead atoms. The molecule has 5 heteroatoms. The number of rotatable bonds is 4. The van der Waals surface area contributed by atoms with E-state index in [2.05, 4.69) is 11.8 Å². The van der Waals surface area contributed by atoms with Gasteiger partial charge in [-0.2, -0.15) is 0 Å². The summed E-state index contributed by atoms with van der Waals surface area (Å²) in [6.07, 6.45) is 0.547. The first kappa shape index (κ1) is 14.9. The smallest absolute Gasteiger partial charge is 0.265 e. The molecule has 98 valence electrons. The van der Waals surface area contributed by atoms with Crippen LogP contribution in [-0.2, 0) is 9.05 Å². The van der Waals surface area contributed by atoms with Gasteiger partial charge in [0.25, 0.3) is 9.05 Å². The van der Waals surface area contributed by atoms with Crippen molar-refractivity contribution in [2.24, 2.45) is 0 Å². The molecule has 0 fully saturated rings. The Hall–Kier alpha value is -1.18. The molecule has 0 aliphatic rings. The van der Waals surface area contributed by atoms with Crippen LogP contribution in [0.2, 0.25) is 0 Å². The highest BCUT2D eigenvalue weighted by atomic mass is 35.7. The number of aryl methyl sites for hydroxylation is 2. The van der Waals surface area contributed by atoms with Crippen molar-refractivity contribution in [3.63, 3.8) is 0 Å². The lowest BCUT2D eigenvalue weighted by Gasteiger charge is -2.12. The Morgan fingerprint density at radius 2 is 2.00 bits per heavy atom. The van der Waals surface area contributed by atoms with E-state index in [4.69, 9.17) is 15.4 Å². The molecule has 0 heterocycles. The molecule has 18 heavy (non-hydrogen) atoms. The van der Waals surface area contributed by atoms with E-state index in [9.17, 15) is 8.42 Å². The van der Waals surface area contributed by atoms with Crippen LogP contribution in [0.5, 0.6) is 5.75 Å². The van der Waals surface area contributed by atoms with Crippen LogP contribution in [-0.4, -0.2) is 15.0 Å². The maximum atomic E-state index is 11.5. The van der Waals surface area contributed by atoms with Crippen molar-refractivity contribution in [1.82, 2.24) is 0 Å². The highest BCUT2D eigenvalue weighted by Crippen LogP contribution is 2.31. The monoisotopic (exact) mass is 286 g/mol. The molecular weight excluding hydrogens is 272 g/mol. The van der Waals surface area contributed by atoms with E-state index in [1.807, 2.05) is 13.0 Å². The zero-order valence-electron chi connectivity index (χ0n) is 10.6. The molecule has 0 unspecified atom stereocenters. The van der Waals surface area contributed by atoms with Gasteiger partial charge in [0.1, 0.15) is 10.6 Å². The molecule has 0 amide bonds. The van der Waals surface area contributed by atoms with Crippen molar-refractivity contribution >= 4 is 19.7 Å². The lowest BCUT2D eigenvalue weighted by molar-refractivity contribution is 0.316. The van der Waals surface area contributed by atoms with Crippen LogP contribution in [0, 0.1) is 25.7 Å². The summed E-state index contributed by atoms with van der Waals surface area (Å²) in [4.78, 5) is 0.0196. The van der Waals surface area contributed by atoms with Crippen LogP contribution in [0.25, 0.3) is 0 Å². The molecule has 1 aromatic rings. The second kappa shape index (κ2) is 6.12. The van der Waals surface area contributed by atoms with E-state index in [0.29, 0.717) is 18.8 Å². The fourth-order valence-electron chi connectivity index (χ4n) is 1.61. The standard InChI is InChI=1S/C13H15ClO3S/c1-4-5-6-7-17-13-11(3)8-10(2)9-12(13)18(14,15)16/h8-9H,6-7H2,1-3H3. The van der Waals surface area contributed by atoms with Crippen LogP contribution in [0.1, 0.15) is 24.5 Å². The van der Waals surface area contributed by atoms with Crippen molar-refractivity contribution in [2.45, 2.75) is 32.1 Å². The van der Waals surface area contributed by atoms with Crippen molar-refractivity contribution in [1.29, 1.82) is 0 Å². The predicted octanol–water partition coefficient (Wildman–Crippen LogP) is 3.02. The zero-order chi connectivity index (χ0) is 13.8. The first-order valence-corrected chi connectivity index (χ1v) is 7.75. The Bertz CT molecular complexity index is 595. The summed E-state index contributed by atoms with van der Waals surface area (Å²) < 4.78 is 28.5. The molecule has 1 aromatic carbocycles. The summed E-state index contributed by atoms with van der Waals surface area (Å²) in [5.74, 6) is 5.91. The minimum absolute atomic E-state index is 0.0196. The fourth-order valence-corrected chi connectivity index (χ4v) is 2.72. The third kappa shape index (κ3) is 3.94. The SMILES string of the molecule is CC#CCCOc1c(C)cc(C)cc1S(=O)(=O)Cl. The first-order chi connectivity index (χ1) is 8.36. The molecule has 0 N–H and O–H groups in total. The molecule has 0 saturated carbocycles. The van der Waals surface area contributed by atoms with Crippen LogP contribution in [0.15, 0.2) is 17.0 Å². The zero-order valence-corrected chi connectivity index (χ0v) is 12.2. The van der Waals surface area contributed by atoms with Crippen LogP contribution in [0.4, 0.5) is 0 Å². The number of halogens is 1. The van der Waals surface area contributed by atoms with Gasteiger partial charge in [-0.1, -0.05) is 6.07 Å². The van der Waals surface area contributed by atoms with Gasteiger partial charge < -0.3 is 4.74 Å². The average molecular weight is 287 g/mol. The number of hydrogen-bond acceptors (Lipinski definition) is 3. The Balaban J connectivity index is 3.11. The van der Waals surface area contributed by atoms with Crippen LogP contribution < -0.4 is 4.74 Å². The van der Waals surface area contributed by atoms with Crippen molar-refractivity contribution < 1.29 is 13.2 Å². The highest BCUT2D eigenvalue weighted by molar-refractivity contribution is 8.13. The Morgan fingerprint density at radius 1 is 1.33 bits per heavy atom. The second-order valence-electron chi connectivity index (χ2n) is 3.87. The summed E-state index contributed by atoms with van der Waals surface area (Å²) in [6, 6.07) is 3.36. The average Bonchev–Trinajstić information content (AvgIpc) is 2.24. The molecule has 0 spiro atoms. The summed E-state index contributed by atoms with van der Waals surface area (Å²) in [6.45, 7) is 5.68. The van der Waals surface area contributed by atoms with Crippen molar-refractivity contribution in [3.8, 4) is 17.6 Å². The lowest BCUT2D eigenvalue weighted by Crippen LogP contribution is -2.04. The number of benzene rings is 1. The van der Waals surface area contributed by atoms with Gasteiger partial charge in [0.05, 0.1) is 6.61 Å². The molecule has 0 aliphatic carbocycles. The first-order valence-electron chi connectivity index (χ1n) is 5.44. The van der Waals surface area contributed by atoms with Gasteiger partial charge in [0.2, 0.25) is 0 Å². The second-order valence-corrected chi connectivity index (χ2v) is 6.41. The predicted molar refractivity (Wildman–Crippen MR) is 72.5 cm³/mol. The molecule has 0 aromatic heterocycles. The van der Waals surface area contributed by atoms with E-state index in [1.165, 1.54) is 6.07 Å². The third-order valence-corrected chi connectivity index (χ3v) is 3.63. The Morgan fingerprint density at radius 3 is 2.56 bits per heavy atom. The maximum Gasteiger partial charge on any atom is 0.265 e. The van der Waals surface area contributed by atoms with E-state index in [0.717, 1.165) is 11.1 Å². The normalized spacial score (nSPS) is 10.7. The summed E-state index contributed by atoms with van der Waals surface area (Å²) >= 11 is 0. The number of ether oxygens (including phenoxy) is 1. The molecule has 1 rings (SSSR count). The molecule has 0 radical (unpaired) electrons. The third-order valence-electron chi connectivity index (χ3n) is 2.30. The molecule has 0 saturated heterocycles. The summed E-state index contributed by atoms with van der Waals surface area (Å²) in [5.41, 5.74) is 1.58. The topological polar surface area (TPSA) is 43.4 Å². The van der Waals surface area contributed by atoms with Gasteiger partial charge >= 0.3 is 0 Å². The maximum absolute atomic E-state index is 11.5. The lowest BCUT2D eigenvalue weighted by atomic mass is 10.1. The van der Waals surface area contributed by atoms with Gasteiger partial charge in [0, 0.05) is 17.1 Å². The van der Waals surface area contributed by atoms with Crippen molar-refractivity contribution in [2.75, 3.05) is 6.61 Å². The van der Waals surface area contributed by atoms with Gasteiger partial charge in [-0.05, 0) is 38.0 Å². The largest absolute Gasteiger partial charge is 0.491 e.